The molecule has 0 saturated heterocycles. The van der Waals surface area contributed by atoms with Crippen LogP contribution in [-0.4, -0.2) is 4.57 Å². The lowest BCUT2D eigenvalue weighted by Gasteiger charge is -2.06. The minimum Gasteiger partial charge on any atom is -0.234 e. The quantitative estimate of drug-likeness (QED) is 0.120. The molecule has 182 valence electrons. The summed E-state index contributed by atoms with van der Waals surface area (Å²) in [6.45, 7) is 9.34. The van der Waals surface area contributed by atoms with Crippen LogP contribution in [0.4, 0.5) is 0 Å². The first-order chi connectivity index (χ1) is 15.3. The Bertz CT molecular complexity index is 491. The van der Waals surface area contributed by atoms with Gasteiger partial charge in [-0.3, -0.25) is 0 Å². The van der Waals surface area contributed by atoms with Crippen molar-refractivity contribution in [2.45, 2.75) is 169 Å². The Hall–Kier alpha value is -0.790. The maximum Gasteiger partial charge on any atom is 0.256 e. The zero-order chi connectivity index (χ0) is 22.4. The maximum atomic E-state index is 2.57. The van der Waals surface area contributed by atoms with Gasteiger partial charge in [0.25, 0.3) is 5.82 Å². The van der Waals surface area contributed by atoms with Gasteiger partial charge in [0.2, 0.25) is 0 Å². The molecule has 0 spiro atoms. The highest BCUT2D eigenvalue weighted by Crippen LogP contribution is 2.13. The third-order valence-electron chi connectivity index (χ3n) is 6.85. The van der Waals surface area contributed by atoms with Gasteiger partial charge in [-0.2, -0.15) is 0 Å². The van der Waals surface area contributed by atoms with Crippen LogP contribution in [0.3, 0.4) is 0 Å². The highest BCUT2D eigenvalue weighted by atomic mass is 15.1. The third kappa shape index (κ3) is 14.8. The van der Waals surface area contributed by atoms with E-state index in [-0.39, 0.29) is 0 Å². The van der Waals surface area contributed by atoms with Crippen molar-refractivity contribution >= 4 is 0 Å². The Labute approximate surface area is 196 Å². The van der Waals surface area contributed by atoms with E-state index in [0.29, 0.717) is 0 Å². The molecule has 0 aromatic carbocycles. The molecular formula is C29H57N2+. The average molecular weight is 434 g/mol. The van der Waals surface area contributed by atoms with E-state index in [1.807, 2.05) is 0 Å². The summed E-state index contributed by atoms with van der Waals surface area (Å²) in [4.78, 5) is 0. The van der Waals surface area contributed by atoms with Crippen molar-refractivity contribution < 1.29 is 4.57 Å². The fourth-order valence-corrected chi connectivity index (χ4v) is 4.73. The summed E-state index contributed by atoms with van der Waals surface area (Å²) in [5.74, 6) is 1.58. The molecule has 1 aromatic rings. The van der Waals surface area contributed by atoms with Gasteiger partial charge in [-0.25, -0.2) is 9.13 Å². The van der Waals surface area contributed by atoms with Crippen LogP contribution in [0.5, 0.6) is 0 Å². The normalized spacial score (nSPS) is 11.5. The first-order valence-corrected chi connectivity index (χ1v) is 14.4. The van der Waals surface area contributed by atoms with Gasteiger partial charge in [-0.15, -0.1) is 0 Å². The Kier molecular flexibility index (Phi) is 19.2. The Morgan fingerprint density at radius 1 is 0.548 bits per heavy atom. The average Bonchev–Trinajstić information content (AvgIpc) is 3.16. The second kappa shape index (κ2) is 21.1. The van der Waals surface area contributed by atoms with E-state index in [4.69, 9.17) is 0 Å². The first-order valence-electron chi connectivity index (χ1n) is 14.4. The Morgan fingerprint density at radius 3 is 1.55 bits per heavy atom. The molecule has 0 N–H and O–H groups in total. The van der Waals surface area contributed by atoms with E-state index in [1.54, 1.807) is 5.82 Å². The van der Waals surface area contributed by atoms with E-state index in [0.717, 1.165) is 0 Å². The number of nitrogens with zero attached hydrogens (tertiary/aromatic N) is 2. The molecule has 0 aliphatic carbocycles. The summed E-state index contributed by atoms with van der Waals surface area (Å²) in [7, 11) is 0. The minimum absolute atomic E-state index is 1.21. The zero-order valence-electron chi connectivity index (χ0n) is 21.8. The van der Waals surface area contributed by atoms with E-state index >= 15 is 0 Å². The third-order valence-corrected chi connectivity index (χ3v) is 6.85. The number of hydrogen-bond donors (Lipinski definition) is 0. The van der Waals surface area contributed by atoms with Crippen molar-refractivity contribution in [3.63, 3.8) is 0 Å². The van der Waals surface area contributed by atoms with Crippen LogP contribution >= 0.6 is 0 Å². The van der Waals surface area contributed by atoms with Crippen LogP contribution in [0.15, 0.2) is 12.4 Å². The molecule has 0 radical (unpaired) electrons. The van der Waals surface area contributed by atoms with Gasteiger partial charge in [0.05, 0.1) is 13.1 Å². The molecule has 0 amide bonds. The number of hydrogen-bond acceptors (Lipinski definition) is 0. The number of unbranched alkanes of at least 4 members (excludes halogenated alkanes) is 17. The van der Waals surface area contributed by atoms with Gasteiger partial charge >= 0.3 is 0 Å². The molecule has 1 heterocycles. The van der Waals surface area contributed by atoms with Crippen LogP contribution in [0, 0.1) is 0 Å². The molecule has 0 aliphatic heterocycles. The van der Waals surface area contributed by atoms with Crippen LogP contribution in [0.1, 0.15) is 155 Å². The predicted molar refractivity (Wildman–Crippen MR) is 138 cm³/mol. The SMILES string of the molecule is CCCCCCCCCCCCCCCC[n+]1ccn(CCCCC)c1CCCCC. The Balaban J connectivity index is 2.11. The first kappa shape index (κ1) is 28.2. The predicted octanol–water partition coefficient (Wildman–Crippen LogP) is 9.18. The Morgan fingerprint density at radius 2 is 1.00 bits per heavy atom. The second-order valence-electron chi connectivity index (χ2n) is 9.86. The zero-order valence-corrected chi connectivity index (χ0v) is 21.8. The van der Waals surface area contributed by atoms with Crippen LogP contribution in [0.2, 0.25) is 0 Å². The van der Waals surface area contributed by atoms with Crippen molar-refractivity contribution in [2.75, 3.05) is 0 Å². The summed E-state index contributed by atoms with van der Waals surface area (Å²) >= 11 is 0. The number of rotatable bonds is 23. The van der Waals surface area contributed by atoms with Gasteiger partial charge in [-0.05, 0) is 32.1 Å². The molecule has 0 aliphatic rings. The smallest absolute Gasteiger partial charge is 0.234 e. The number of aryl methyl sites for hydroxylation is 2. The monoisotopic (exact) mass is 433 g/mol. The summed E-state index contributed by atoms with van der Waals surface area (Å²) in [6.07, 6.45) is 34.1. The van der Waals surface area contributed by atoms with Gasteiger partial charge in [0.1, 0.15) is 12.4 Å². The van der Waals surface area contributed by atoms with Crippen LogP contribution in [0.25, 0.3) is 0 Å². The molecule has 0 fully saturated rings. The summed E-state index contributed by atoms with van der Waals surface area (Å²) in [5.41, 5.74) is 0. The number of imidazole rings is 1. The molecule has 1 aromatic heterocycles. The molecule has 31 heavy (non-hydrogen) atoms. The molecule has 0 saturated carbocycles. The van der Waals surface area contributed by atoms with Crippen molar-refractivity contribution in [2.24, 2.45) is 0 Å². The van der Waals surface area contributed by atoms with Crippen molar-refractivity contribution in [3.05, 3.63) is 18.2 Å². The lowest BCUT2D eigenvalue weighted by molar-refractivity contribution is -0.704. The van der Waals surface area contributed by atoms with Crippen LogP contribution in [-0.2, 0) is 19.5 Å². The molecule has 2 nitrogen and oxygen atoms in total. The lowest BCUT2D eigenvalue weighted by atomic mass is 10.0. The van der Waals surface area contributed by atoms with Crippen molar-refractivity contribution in [1.29, 1.82) is 0 Å². The molecule has 0 bridgehead atoms. The second-order valence-corrected chi connectivity index (χ2v) is 9.86. The standard InChI is InChI=1S/C29H57N2/c1-4-7-10-11-12-13-14-15-16-17-18-19-20-23-26-31-28-27-30(25-22-9-6-3)29(31)24-21-8-5-2/h27-28H,4-26H2,1-3H3/q+1. The molecule has 1 rings (SSSR count). The van der Waals surface area contributed by atoms with E-state index < -0.39 is 0 Å². The van der Waals surface area contributed by atoms with Crippen molar-refractivity contribution in [1.82, 2.24) is 4.57 Å². The van der Waals surface area contributed by atoms with Gasteiger partial charge < -0.3 is 0 Å². The van der Waals surface area contributed by atoms with Gasteiger partial charge in [0.15, 0.2) is 0 Å². The fraction of sp³-hybridized carbons (Fsp3) is 0.897. The van der Waals surface area contributed by atoms with Crippen LogP contribution < -0.4 is 4.57 Å². The van der Waals surface area contributed by atoms with E-state index in [1.165, 1.54) is 148 Å². The maximum absolute atomic E-state index is 2.57. The highest BCUT2D eigenvalue weighted by molar-refractivity contribution is 4.84. The van der Waals surface area contributed by atoms with Crippen molar-refractivity contribution in [3.8, 4) is 0 Å². The molecular weight excluding hydrogens is 376 g/mol. The summed E-state index contributed by atoms with van der Waals surface area (Å²) in [5, 5.41) is 0. The highest BCUT2D eigenvalue weighted by Gasteiger charge is 2.16. The largest absolute Gasteiger partial charge is 0.256 e. The topological polar surface area (TPSA) is 8.81 Å². The fourth-order valence-electron chi connectivity index (χ4n) is 4.73. The van der Waals surface area contributed by atoms with E-state index in [2.05, 4.69) is 42.3 Å². The minimum atomic E-state index is 1.21. The lowest BCUT2D eigenvalue weighted by Crippen LogP contribution is -2.37. The summed E-state index contributed by atoms with van der Waals surface area (Å²) in [6, 6.07) is 0. The summed E-state index contributed by atoms with van der Waals surface area (Å²) < 4.78 is 5.12. The number of aromatic nitrogens is 2. The molecule has 0 unspecified atom stereocenters. The van der Waals surface area contributed by atoms with Gasteiger partial charge in [0, 0.05) is 6.42 Å². The molecule has 2 heteroatoms. The molecule has 0 atom stereocenters. The van der Waals surface area contributed by atoms with Gasteiger partial charge in [-0.1, -0.05) is 117 Å². The van der Waals surface area contributed by atoms with E-state index in [9.17, 15) is 0 Å².